The first-order valence-electron chi connectivity index (χ1n) is 5.96. The summed E-state index contributed by atoms with van der Waals surface area (Å²) in [6.07, 6.45) is 2.28. The molecule has 16 heavy (non-hydrogen) atoms. The van der Waals surface area contributed by atoms with Crippen molar-refractivity contribution in [1.82, 2.24) is 5.32 Å². The quantitative estimate of drug-likeness (QED) is 0.646. The molecule has 2 unspecified atom stereocenters. The molecule has 0 aromatic rings. The summed E-state index contributed by atoms with van der Waals surface area (Å²) in [6, 6.07) is -0.140. The van der Waals surface area contributed by atoms with E-state index in [2.05, 4.69) is 12.2 Å². The standard InChI is InChI=1S/C12H25NO3/c1-6-7-10(4)16-8-11(12(14)15-5)13-9(2)3/h9-11,13H,6-8H2,1-5H3. The lowest BCUT2D eigenvalue weighted by Gasteiger charge is -2.21. The lowest BCUT2D eigenvalue weighted by molar-refractivity contribution is -0.145. The molecule has 0 heterocycles. The number of methoxy groups -OCH3 is 1. The van der Waals surface area contributed by atoms with Crippen LogP contribution in [0.1, 0.15) is 40.5 Å². The van der Waals surface area contributed by atoms with Gasteiger partial charge in [-0.2, -0.15) is 0 Å². The molecule has 0 spiro atoms. The van der Waals surface area contributed by atoms with Gasteiger partial charge in [0.25, 0.3) is 0 Å². The largest absolute Gasteiger partial charge is 0.468 e. The van der Waals surface area contributed by atoms with Crippen molar-refractivity contribution in [3.8, 4) is 0 Å². The summed E-state index contributed by atoms with van der Waals surface area (Å²) in [7, 11) is 1.40. The van der Waals surface area contributed by atoms with Crippen molar-refractivity contribution in [2.75, 3.05) is 13.7 Å². The molecule has 0 amide bonds. The average Bonchev–Trinajstić information content (AvgIpc) is 2.23. The molecule has 0 aromatic carbocycles. The van der Waals surface area contributed by atoms with E-state index >= 15 is 0 Å². The Balaban J connectivity index is 4.05. The third kappa shape index (κ3) is 6.80. The average molecular weight is 231 g/mol. The second kappa shape index (κ2) is 8.53. The van der Waals surface area contributed by atoms with Gasteiger partial charge in [-0.3, -0.25) is 4.79 Å². The number of hydrogen-bond donors (Lipinski definition) is 1. The SMILES string of the molecule is CCCC(C)OCC(NC(C)C)C(=O)OC. The molecule has 0 aliphatic carbocycles. The van der Waals surface area contributed by atoms with Crippen molar-refractivity contribution >= 4 is 5.97 Å². The normalized spacial score (nSPS) is 14.9. The molecule has 0 saturated heterocycles. The van der Waals surface area contributed by atoms with Crippen molar-refractivity contribution in [3.63, 3.8) is 0 Å². The zero-order chi connectivity index (χ0) is 12.6. The first-order valence-corrected chi connectivity index (χ1v) is 5.96. The minimum atomic E-state index is -0.371. The van der Waals surface area contributed by atoms with Gasteiger partial charge >= 0.3 is 5.97 Å². The Labute approximate surface area is 98.7 Å². The highest BCUT2D eigenvalue weighted by Crippen LogP contribution is 2.02. The minimum Gasteiger partial charge on any atom is -0.468 e. The lowest BCUT2D eigenvalue weighted by Crippen LogP contribution is -2.45. The molecule has 0 radical (unpaired) electrons. The van der Waals surface area contributed by atoms with Gasteiger partial charge in [0, 0.05) is 6.04 Å². The van der Waals surface area contributed by atoms with E-state index in [4.69, 9.17) is 9.47 Å². The van der Waals surface area contributed by atoms with E-state index in [1.54, 1.807) is 0 Å². The second-order valence-electron chi connectivity index (χ2n) is 4.33. The van der Waals surface area contributed by atoms with Crippen LogP contribution < -0.4 is 5.32 Å². The smallest absolute Gasteiger partial charge is 0.325 e. The molecule has 0 bridgehead atoms. The molecule has 2 atom stereocenters. The van der Waals surface area contributed by atoms with Gasteiger partial charge < -0.3 is 14.8 Å². The summed E-state index contributed by atoms with van der Waals surface area (Å²) in [5.74, 6) is -0.266. The van der Waals surface area contributed by atoms with E-state index in [1.165, 1.54) is 7.11 Å². The highest BCUT2D eigenvalue weighted by Gasteiger charge is 2.20. The van der Waals surface area contributed by atoms with Crippen molar-refractivity contribution in [2.45, 2.75) is 58.7 Å². The van der Waals surface area contributed by atoms with Crippen molar-refractivity contribution in [3.05, 3.63) is 0 Å². The Morgan fingerprint density at radius 3 is 2.38 bits per heavy atom. The highest BCUT2D eigenvalue weighted by molar-refractivity contribution is 5.75. The van der Waals surface area contributed by atoms with Crippen molar-refractivity contribution < 1.29 is 14.3 Å². The number of ether oxygens (including phenoxy) is 2. The predicted octanol–water partition coefficient (Wildman–Crippen LogP) is 1.73. The fourth-order valence-corrected chi connectivity index (χ4v) is 1.48. The Bertz CT molecular complexity index is 195. The molecule has 4 heteroatoms. The van der Waals surface area contributed by atoms with Crippen LogP contribution in [-0.2, 0) is 14.3 Å². The molecule has 1 N–H and O–H groups in total. The van der Waals surface area contributed by atoms with Crippen LogP contribution in [0.5, 0.6) is 0 Å². The molecule has 0 saturated carbocycles. The highest BCUT2D eigenvalue weighted by atomic mass is 16.5. The first kappa shape index (κ1) is 15.4. The fraction of sp³-hybridized carbons (Fsp3) is 0.917. The van der Waals surface area contributed by atoms with E-state index in [0.29, 0.717) is 6.61 Å². The molecule has 96 valence electrons. The molecule has 0 aliphatic heterocycles. The molecular weight excluding hydrogens is 206 g/mol. The first-order chi connectivity index (χ1) is 7.51. The molecule has 0 rings (SSSR count). The van der Waals surface area contributed by atoms with E-state index in [0.717, 1.165) is 12.8 Å². The molecule has 0 aromatic heterocycles. The molecule has 4 nitrogen and oxygen atoms in total. The summed E-state index contributed by atoms with van der Waals surface area (Å²) in [5, 5.41) is 3.13. The number of esters is 1. The summed E-state index contributed by atoms with van der Waals surface area (Å²) in [6.45, 7) is 8.49. The Hall–Kier alpha value is -0.610. The minimum absolute atomic E-state index is 0.186. The van der Waals surface area contributed by atoms with Crippen LogP contribution in [-0.4, -0.2) is 37.9 Å². The maximum absolute atomic E-state index is 11.5. The van der Waals surface area contributed by atoms with Gasteiger partial charge in [0.1, 0.15) is 6.04 Å². The van der Waals surface area contributed by atoms with Crippen molar-refractivity contribution in [2.24, 2.45) is 0 Å². The van der Waals surface area contributed by atoms with Gasteiger partial charge in [-0.1, -0.05) is 27.2 Å². The second-order valence-corrected chi connectivity index (χ2v) is 4.33. The lowest BCUT2D eigenvalue weighted by atomic mass is 10.2. The van der Waals surface area contributed by atoms with E-state index < -0.39 is 0 Å². The number of hydrogen-bond acceptors (Lipinski definition) is 4. The third-order valence-electron chi connectivity index (χ3n) is 2.26. The Kier molecular flexibility index (Phi) is 8.21. The van der Waals surface area contributed by atoms with Gasteiger partial charge in [0.2, 0.25) is 0 Å². The zero-order valence-corrected chi connectivity index (χ0v) is 11.1. The fourth-order valence-electron chi connectivity index (χ4n) is 1.48. The van der Waals surface area contributed by atoms with Crippen LogP contribution in [0.4, 0.5) is 0 Å². The van der Waals surface area contributed by atoms with Crippen LogP contribution in [0, 0.1) is 0 Å². The number of rotatable bonds is 8. The molecular formula is C12H25NO3. The predicted molar refractivity (Wildman–Crippen MR) is 64.4 cm³/mol. The van der Waals surface area contributed by atoms with Crippen LogP contribution >= 0.6 is 0 Å². The van der Waals surface area contributed by atoms with Crippen LogP contribution in [0.2, 0.25) is 0 Å². The van der Waals surface area contributed by atoms with E-state index in [1.807, 2.05) is 20.8 Å². The summed E-state index contributed by atoms with van der Waals surface area (Å²) in [4.78, 5) is 11.5. The Morgan fingerprint density at radius 1 is 1.31 bits per heavy atom. The third-order valence-corrected chi connectivity index (χ3v) is 2.26. The van der Waals surface area contributed by atoms with Gasteiger partial charge in [0.05, 0.1) is 19.8 Å². The van der Waals surface area contributed by atoms with Gasteiger partial charge in [-0.15, -0.1) is 0 Å². The van der Waals surface area contributed by atoms with Crippen LogP contribution in [0.3, 0.4) is 0 Å². The van der Waals surface area contributed by atoms with Gasteiger partial charge in [-0.25, -0.2) is 0 Å². The zero-order valence-electron chi connectivity index (χ0n) is 11.1. The van der Waals surface area contributed by atoms with E-state index in [-0.39, 0.29) is 24.2 Å². The topological polar surface area (TPSA) is 47.6 Å². The Morgan fingerprint density at radius 2 is 1.94 bits per heavy atom. The van der Waals surface area contributed by atoms with Crippen LogP contribution in [0.15, 0.2) is 0 Å². The molecule has 0 aliphatic rings. The maximum atomic E-state index is 11.5. The summed E-state index contributed by atoms with van der Waals surface area (Å²) in [5.41, 5.74) is 0. The van der Waals surface area contributed by atoms with Crippen LogP contribution in [0.25, 0.3) is 0 Å². The van der Waals surface area contributed by atoms with Gasteiger partial charge in [0.15, 0.2) is 0 Å². The molecule has 0 fully saturated rings. The van der Waals surface area contributed by atoms with Gasteiger partial charge in [-0.05, 0) is 13.3 Å². The summed E-state index contributed by atoms with van der Waals surface area (Å²) >= 11 is 0. The summed E-state index contributed by atoms with van der Waals surface area (Å²) < 4.78 is 10.3. The monoisotopic (exact) mass is 231 g/mol. The maximum Gasteiger partial charge on any atom is 0.325 e. The number of nitrogens with one attached hydrogen (secondary N) is 1. The number of carbonyl (C=O) groups excluding carboxylic acids is 1. The van der Waals surface area contributed by atoms with Crippen molar-refractivity contribution in [1.29, 1.82) is 0 Å². The number of carbonyl (C=O) groups is 1. The van der Waals surface area contributed by atoms with E-state index in [9.17, 15) is 4.79 Å².